The molecule has 2 aromatic heterocycles. The number of imidazole rings is 1. The number of aromatic nitrogens is 2. The molecule has 0 spiro atoms. The number of carbonyl (C=O) groups excluding carboxylic acids is 1. The summed E-state index contributed by atoms with van der Waals surface area (Å²) in [7, 11) is 0. The van der Waals surface area contributed by atoms with Crippen LogP contribution in [-0.2, 0) is 6.42 Å². The zero-order valence-electron chi connectivity index (χ0n) is 11.6. The molecule has 0 atom stereocenters. The topological polar surface area (TPSA) is 66.6 Å². The number of hydrogen-bond acceptors (Lipinski definition) is 3. The van der Waals surface area contributed by atoms with Gasteiger partial charge in [0.15, 0.2) is 5.65 Å². The standard InChI is InChI=1S/C14H18BrN3O2/c1-3-11-12(14(20)16-5-4-6-19)18-8-9(2)7-10(15)13(18)17-11/h7-8,19H,3-6H2,1-2H3,(H,16,20). The van der Waals surface area contributed by atoms with Gasteiger partial charge in [-0.3, -0.25) is 9.20 Å². The molecule has 108 valence electrons. The van der Waals surface area contributed by atoms with Gasteiger partial charge in [-0.1, -0.05) is 6.92 Å². The predicted molar refractivity (Wildman–Crippen MR) is 81.0 cm³/mol. The zero-order chi connectivity index (χ0) is 14.7. The number of nitrogens with zero attached hydrogens (tertiary/aromatic N) is 2. The Morgan fingerprint density at radius 1 is 1.55 bits per heavy atom. The molecule has 0 fully saturated rings. The van der Waals surface area contributed by atoms with Gasteiger partial charge in [0.1, 0.15) is 5.69 Å². The van der Waals surface area contributed by atoms with Crippen LogP contribution in [0.15, 0.2) is 16.7 Å². The highest BCUT2D eigenvalue weighted by atomic mass is 79.9. The van der Waals surface area contributed by atoms with E-state index in [1.807, 2.05) is 30.5 Å². The van der Waals surface area contributed by atoms with Crippen LogP contribution in [0, 0.1) is 6.92 Å². The fraction of sp³-hybridized carbons (Fsp3) is 0.429. The van der Waals surface area contributed by atoms with Crippen molar-refractivity contribution in [1.29, 1.82) is 0 Å². The third kappa shape index (κ3) is 2.86. The number of aliphatic hydroxyl groups excluding tert-OH is 1. The van der Waals surface area contributed by atoms with E-state index in [-0.39, 0.29) is 12.5 Å². The highest BCUT2D eigenvalue weighted by Gasteiger charge is 2.19. The second-order valence-corrected chi connectivity index (χ2v) is 5.51. The lowest BCUT2D eigenvalue weighted by Crippen LogP contribution is -2.27. The molecule has 0 aliphatic carbocycles. The van der Waals surface area contributed by atoms with Gasteiger partial charge >= 0.3 is 0 Å². The number of amides is 1. The minimum absolute atomic E-state index is 0.0682. The maximum atomic E-state index is 12.3. The van der Waals surface area contributed by atoms with E-state index in [9.17, 15) is 4.79 Å². The van der Waals surface area contributed by atoms with Crippen LogP contribution in [-0.4, -0.2) is 33.6 Å². The third-order valence-electron chi connectivity index (χ3n) is 3.05. The minimum Gasteiger partial charge on any atom is -0.396 e. The van der Waals surface area contributed by atoms with E-state index < -0.39 is 0 Å². The monoisotopic (exact) mass is 339 g/mol. The van der Waals surface area contributed by atoms with Crippen LogP contribution < -0.4 is 5.32 Å². The SMILES string of the molecule is CCc1nc2c(Br)cc(C)cn2c1C(=O)NCCCO. The Bertz CT molecular complexity index is 637. The summed E-state index contributed by atoms with van der Waals surface area (Å²) in [6, 6.07) is 1.98. The fourth-order valence-corrected chi connectivity index (χ4v) is 2.77. The second kappa shape index (κ2) is 6.37. The largest absolute Gasteiger partial charge is 0.396 e. The van der Waals surface area contributed by atoms with Crippen LogP contribution in [0.25, 0.3) is 5.65 Å². The molecule has 0 aliphatic heterocycles. The molecule has 0 bridgehead atoms. The summed E-state index contributed by atoms with van der Waals surface area (Å²) >= 11 is 3.49. The van der Waals surface area contributed by atoms with Gasteiger partial charge in [0, 0.05) is 19.3 Å². The van der Waals surface area contributed by atoms with Gasteiger partial charge in [-0.15, -0.1) is 0 Å². The average Bonchev–Trinajstić information content (AvgIpc) is 2.77. The molecule has 6 heteroatoms. The second-order valence-electron chi connectivity index (χ2n) is 4.65. The maximum absolute atomic E-state index is 12.3. The van der Waals surface area contributed by atoms with Gasteiger partial charge in [0.25, 0.3) is 5.91 Å². The molecule has 2 rings (SSSR count). The Balaban J connectivity index is 2.47. The average molecular weight is 340 g/mol. The summed E-state index contributed by atoms with van der Waals surface area (Å²) in [5, 5.41) is 11.6. The molecule has 20 heavy (non-hydrogen) atoms. The number of hydrogen-bond donors (Lipinski definition) is 2. The molecule has 0 aromatic carbocycles. The van der Waals surface area contributed by atoms with Crippen molar-refractivity contribution in [2.24, 2.45) is 0 Å². The van der Waals surface area contributed by atoms with Crippen molar-refractivity contribution in [2.45, 2.75) is 26.7 Å². The lowest BCUT2D eigenvalue weighted by molar-refractivity contribution is 0.0944. The van der Waals surface area contributed by atoms with Crippen molar-refractivity contribution < 1.29 is 9.90 Å². The van der Waals surface area contributed by atoms with E-state index in [1.54, 1.807) is 0 Å². The van der Waals surface area contributed by atoms with Gasteiger partial charge in [0.2, 0.25) is 0 Å². The van der Waals surface area contributed by atoms with Gasteiger partial charge in [-0.25, -0.2) is 4.98 Å². The molecule has 2 N–H and O–H groups in total. The van der Waals surface area contributed by atoms with E-state index >= 15 is 0 Å². The quantitative estimate of drug-likeness (QED) is 0.819. The Morgan fingerprint density at radius 2 is 2.30 bits per heavy atom. The Morgan fingerprint density at radius 3 is 2.95 bits per heavy atom. The van der Waals surface area contributed by atoms with Crippen molar-refractivity contribution in [1.82, 2.24) is 14.7 Å². The molecular formula is C14H18BrN3O2. The van der Waals surface area contributed by atoms with Gasteiger partial charge in [0.05, 0.1) is 10.2 Å². The number of fused-ring (bicyclic) bond motifs is 1. The highest BCUT2D eigenvalue weighted by molar-refractivity contribution is 9.10. The Labute approximate surface area is 126 Å². The van der Waals surface area contributed by atoms with Crippen LogP contribution in [0.3, 0.4) is 0 Å². The first-order valence-corrected chi connectivity index (χ1v) is 7.44. The number of aryl methyl sites for hydroxylation is 2. The molecular weight excluding hydrogens is 322 g/mol. The van der Waals surface area contributed by atoms with Crippen molar-refractivity contribution in [3.05, 3.63) is 33.7 Å². The molecule has 0 aliphatic rings. The van der Waals surface area contributed by atoms with Gasteiger partial charge in [-0.2, -0.15) is 0 Å². The Hall–Kier alpha value is -1.40. The molecule has 5 nitrogen and oxygen atoms in total. The van der Waals surface area contributed by atoms with Crippen molar-refractivity contribution in [3.63, 3.8) is 0 Å². The summed E-state index contributed by atoms with van der Waals surface area (Å²) in [6.07, 6.45) is 3.15. The van der Waals surface area contributed by atoms with Crippen LogP contribution in [0.4, 0.5) is 0 Å². The lowest BCUT2D eigenvalue weighted by Gasteiger charge is -2.07. The molecule has 0 radical (unpaired) electrons. The smallest absolute Gasteiger partial charge is 0.270 e. The molecule has 2 heterocycles. The molecule has 0 saturated heterocycles. The van der Waals surface area contributed by atoms with Crippen molar-refractivity contribution >= 4 is 27.5 Å². The zero-order valence-corrected chi connectivity index (χ0v) is 13.2. The van der Waals surface area contributed by atoms with E-state index in [1.165, 1.54) is 0 Å². The van der Waals surface area contributed by atoms with Crippen LogP contribution in [0.1, 0.15) is 35.1 Å². The van der Waals surface area contributed by atoms with E-state index in [0.717, 1.165) is 21.4 Å². The first-order valence-electron chi connectivity index (χ1n) is 6.64. The number of aliphatic hydroxyl groups is 1. The highest BCUT2D eigenvalue weighted by Crippen LogP contribution is 2.22. The molecule has 0 saturated carbocycles. The minimum atomic E-state index is -0.152. The first-order chi connectivity index (χ1) is 9.58. The summed E-state index contributed by atoms with van der Waals surface area (Å²) in [5.74, 6) is -0.152. The number of halogens is 1. The number of nitrogens with one attached hydrogen (secondary N) is 1. The third-order valence-corrected chi connectivity index (χ3v) is 3.64. The maximum Gasteiger partial charge on any atom is 0.270 e. The van der Waals surface area contributed by atoms with Crippen LogP contribution in [0.5, 0.6) is 0 Å². The normalized spacial score (nSPS) is 11.0. The fourth-order valence-electron chi connectivity index (χ4n) is 2.13. The summed E-state index contributed by atoms with van der Waals surface area (Å²) in [5.41, 5.74) is 3.15. The molecule has 1 amide bonds. The van der Waals surface area contributed by atoms with E-state index in [2.05, 4.69) is 26.2 Å². The van der Waals surface area contributed by atoms with Crippen LogP contribution in [0.2, 0.25) is 0 Å². The van der Waals surface area contributed by atoms with Crippen molar-refractivity contribution in [2.75, 3.05) is 13.2 Å². The van der Waals surface area contributed by atoms with E-state index in [4.69, 9.17) is 5.11 Å². The summed E-state index contributed by atoms with van der Waals surface area (Å²) in [4.78, 5) is 16.9. The van der Waals surface area contributed by atoms with Gasteiger partial charge < -0.3 is 10.4 Å². The van der Waals surface area contributed by atoms with Crippen molar-refractivity contribution in [3.8, 4) is 0 Å². The molecule has 0 unspecified atom stereocenters. The predicted octanol–water partition coefficient (Wildman–Crippen LogP) is 2.08. The number of carbonyl (C=O) groups is 1. The van der Waals surface area contributed by atoms with Gasteiger partial charge in [-0.05, 0) is 47.3 Å². The number of pyridine rings is 1. The first kappa shape index (κ1) is 15.0. The van der Waals surface area contributed by atoms with E-state index in [0.29, 0.717) is 25.1 Å². The van der Waals surface area contributed by atoms with Crippen LogP contribution >= 0.6 is 15.9 Å². The summed E-state index contributed by atoms with van der Waals surface area (Å²) in [6.45, 7) is 4.48. The molecule has 2 aromatic rings. The Kier molecular flexibility index (Phi) is 4.77. The number of rotatable bonds is 5. The lowest BCUT2D eigenvalue weighted by atomic mass is 10.2. The summed E-state index contributed by atoms with van der Waals surface area (Å²) < 4.78 is 2.70.